The number of nitrogens with one attached hydrogen (secondary N) is 1. The Balaban J connectivity index is 1.58. The summed E-state index contributed by atoms with van der Waals surface area (Å²) >= 11 is 1.53. The standard InChI is InChI=1S/C22H18FNO3S/c23-18-10-5-4-7-16(18)12-13-21(26)27-15-20(25)24-22(19-11-6-14-28-19)17-8-2-1-3-9-17/h1-14,22H,15H2,(H,24,25)/b13-12+/t22-/m1/s1. The van der Waals surface area contributed by atoms with Crippen LogP contribution in [0.2, 0.25) is 0 Å². The molecule has 1 N–H and O–H groups in total. The first-order valence-corrected chi connectivity index (χ1v) is 9.48. The molecular weight excluding hydrogens is 377 g/mol. The lowest BCUT2D eigenvalue weighted by molar-refractivity contribution is -0.143. The van der Waals surface area contributed by atoms with Gasteiger partial charge in [0.15, 0.2) is 6.61 Å². The van der Waals surface area contributed by atoms with E-state index in [1.807, 2.05) is 47.8 Å². The Hall–Kier alpha value is -3.25. The number of ether oxygens (including phenoxy) is 1. The average molecular weight is 395 g/mol. The predicted molar refractivity (Wildman–Crippen MR) is 107 cm³/mol. The largest absolute Gasteiger partial charge is 0.452 e. The first kappa shape index (κ1) is 19.5. The van der Waals surface area contributed by atoms with Crippen molar-refractivity contribution in [1.29, 1.82) is 0 Å². The van der Waals surface area contributed by atoms with Crippen molar-refractivity contribution in [2.75, 3.05) is 6.61 Å². The highest BCUT2D eigenvalue weighted by molar-refractivity contribution is 7.10. The van der Waals surface area contributed by atoms with E-state index in [0.717, 1.165) is 16.5 Å². The van der Waals surface area contributed by atoms with Gasteiger partial charge in [0.25, 0.3) is 5.91 Å². The van der Waals surface area contributed by atoms with Crippen LogP contribution in [0, 0.1) is 5.82 Å². The van der Waals surface area contributed by atoms with Crippen molar-refractivity contribution in [2.45, 2.75) is 6.04 Å². The van der Waals surface area contributed by atoms with Crippen molar-refractivity contribution in [3.8, 4) is 0 Å². The summed E-state index contributed by atoms with van der Waals surface area (Å²) in [6, 6.07) is 19.1. The maximum absolute atomic E-state index is 13.5. The predicted octanol–water partition coefficient (Wildman–Crippen LogP) is 4.35. The molecule has 142 valence electrons. The molecule has 1 heterocycles. The lowest BCUT2D eigenvalue weighted by atomic mass is 10.1. The van der Waals surface area contributed by atoms with Crippen LogP contribution in [0.1, 0.15) is 22.0 Å². The topological polar surface area (TPSA) is 55.4 Å². The molecule has 3 aromatic rings. The van der Waals surface area contributed by atoms with Gasteiger partial charge in [0.05, 0.1) is 6.04 Å². The van der Waals surface area contributed by atoms with Gasteiger partial charge in [-0.2, -0.15) is 0 Å². The van der Waals surface area contributed by atoms with Crippen molar-refractivity contribution < 1.29 is 18.7 Å². The number of rotatable bonds is 7. The minimum Gasteiger partial charge on any atom is -0.452 e. The fourth-order valence-electron chi connectivity index (χ4n) is 2.58. The molecule has 0 saturated heterocycles. The fourth-order valence-corrected chi connectivity index (χ4v) is 3.38. The van der Waals surface area contributed by atoms with Gasteiger partial charge in [-0.1, -0.05) is 54.6 Å². The van der Waals surface area contributed by atoms with Crippen LogP contribution in [-0.4, -0.2) is 18.5 Å². The zero-order chi connectivity index (χ0) is 19.8. The van der Waals surface area contributed by atoms with Crippen molar-refractivity contribution in [3.05, 3.63) is 100 Å². The smallest absolute Gasteiger partial charge is 0.331 e. The SMILES string of the molecule is O=C(COC(=O)/C=C/c1ccccc1F)N[C@H](c1ccccc1)c1cccs1. The van der Waals surface area contributed by atoms with Crippen LogP contribution in [0.5, 0.6) is 0 Å². The summed E-state index contributed by atoms with van der Waals surface area (Å²) in [6.07, 6.45) is 2.41. The molecule has 0 spiro atoms. The first-order chi connectivity index (χ1) is 13.6. The Morgan fingerprint density at radius 3 is 2.50 bits per heavy atom. The van der Waals surface area contributed by atoms with Crippen molar-refractivity contribution >= 4 is 29.3 Å². The highest BCUT2D eigenvalue weighted by atomic mass is 32.1. The number of thiophene rings is 1. The molecule has 4 nitrogen and oxygen atoms in total. The van der Waals surface area contributed by atoms with Crippen LogP contribution in [0.3, 0.4) is 0 Å². The molecule has 3 rings (SSSR count). The maximum atomic E-state index is 13.5. The third kappa shape index (κ3) is 5.37. The number of carbonyl (C=O) groups is 2. The highest BCUT2D eigenvalue weighted by Gasteiger charge is 2.18. The van der Waals surface area contributed by atoms with Crippen molar-refractivity contribution in [1.82, 2.24) is 5.32 Å². The number of amides is 1. The minimum atomic E-state index is -0.717. The van der Waals surface area contributed by atoms with Crippen LogP contribution >= 0.6 is 11.3 Å². The van der Waals surface area contributed by atoms with Crippen LogP contribution in [-0.2, 0) is 14.3 Å². The molecule has 1 aromatic heterocycles. The zero-order valence-electron chi connectivity index (χ0n) is 14.9. The van der Waals surface area contributed by atoms with Gasteiger partial charge in [0.1, 0.15) is 5.82 Å². The summed E-state index contributed by atoms with van der Waals surface area (Å²) in [5, 5.41) is 4.82. The first-order valence-electron chi connectivity index (χ1n) is 8.60. The Kier molecular flexibility index (Phi) is 6.70. The van der Waals surface area contributed by atoms with E-state index in [1.54, 1.807) is 12.1 Å². The molecular formula is C22H18FNO3S. The molecule has 2 aromatic carbocycles. The average Bonchev–Trinajstić information content (AvgIpc) is 3.25. The van der Waals surface area contributed by atoms with E-state index in [-0.39, 0.29) is 11.6 Å². The lowest BCUT2D eigenvalue weighted by Crippen LogP contribution is -2.32. The number of benzene rings is 2. The third-order valence-electron chi connectivity index (χ3n) is 3.92. The van der Waals surface area contributed by atoms with E-state index >= 15 is 0 Å². The number of halogens is 1. The van der Waals surface area contributed by atoms with Crippen LogP contribution in [0.15, 0.2) is 78.2 Å². The van der Waals surface area contributed by atoms with Crippen LogP contribution in [0.4, 0.5) is 4.39 Å². The Morgan fingerprint density at radius 1 is 1.04 bits per heavy atom. The maximum Gasteiger partial charge on any atom is 0.331 e. The van der Waals surface area contributed by atoms with Gasteiger partial charge in [-0.15, -0.1) is 11.3 Å². The van der Waals surface area contributed by atoms with E-state index in [4.69, 9.17) is 4.74 Å². The molecule has 0 aliphatic heterocycles. The van der Waals surface area contributed by atoms with E-state index in [9.17, 15) is 14.0 Å². The highest BCUT2D eigenvalue weighted by Crippen LogP contribution is 2.25. The molecule has 0 aliphatic rings. The van der Waals surface area contributed by atoms with Crippen LogP contribution < -0.4 is 5.32 Å². The van der Waals surface area contributed by atoms with Gasteiger partial charge >= 0.3 is 5.97 Å². The Labute approximate surface area is 166 Å². The molecule has 0 saturated carbocycles. The van der Waals surface area contributed by atoms with E-state index in [2.05, 4.69) is 5.32 Å². The molecule has 6 heteroatoms. The Morgan fingerprint density at radius 2 is 1.79 bits per heavy atom. The number of hydrogen-bond acceptors (Lipinski definition) is 4. The number of carbonyl (C=O) groups excluding carboxylic acids is 2. The van der Waals surface area contributed by atoms with Gasteiger partial charge in [-0.25, -0.2) is 9.18 Å². The zero-order valence-corrected chi connectivity index (χ0v) is 15.7. The summed E-state index contributed by atoms with van der Waals surface area (Å²) in [7, 11) is 0. The molecule has 1 amide bonds. The number of esters is 1. The van der Waals surface area contributed by atoms with Crippen LogP contribution in [0.25, 0.3) is 6.08 Å². The normalized spacial score (nSPS) is 11.9. The summed E-state index contributed by atoms with van der Waals surface area (Å²) in [5.41, 5.74) is 1.20. The van der Waals surface area contributed by atoms with Gasteiger partial charge in [0, 0.05) is 16.5 Å². The summed E-state index contributed by atoms with van der Waals surface area (Å²) in [6.45, 7) is -0.421. The Bertz CT molecular complexity index is 955. The number of hydrogen-bond donors (Lipinski definition) is 1. The summed E-state index contributed by atoms with van der Waals surface area (Å²) in [4.78, 5) is 25.1. The monoisotopic (exact) mass is 395 g/mol. The van der Waals surface area contributed by atoms with E-state index in [0.29, 0.717) is 0 Å². The minimum absolute atomic E-state index is 0.269. The quantitative estimate of drug-likeness (QED) is 0.478. The lowest BCUT2D eigenvalue weighted by Gasteiger charge is -2.18. The molecule has 0 fully saturated rings. The molecule has 1 atom stereocenters. The van der Waals surface area contributed by atoms with E-state index < -0.39 is 24.3 Å². The molecule has 0 radical (unpaired) electrons. The van der Waals surface area contributed by atoms with Gasteiger partial charge < -0.3 is 10.1 Å². The van der Waals surface area contributed by atoms with Crippen molar-refractivity contribution in [3.63, 3.8) is 0 Å². The van der Waals surface area contributed by atoms with Gasteiger partial charge in [-0.05, 0) is 29.2 Å². The van der Waals surface area contributed by atoms with E-state index in [1.165, 1.54) is 29.5 Å². The molecule has 0 unspecified atom stereocenters. The van der Waals surface area contributed by atoms with Crippen molar-refractivity contribution in [2.24, 2.45) is 0 Å². The molecule has 28 heavy (non-hydrogen) atoms. The second-order valence-corrected chi connectivity index (χ2v) is 6.87. The second-order valence-electron chi connectivity index (χ2n) is 5.89. The molecule has 0 bridgehead atoms. The van der Waals surface area contributed by atoms with Gasteiger partial charge in [0.2, 0.25) is 0 Å². The van der Waals surface area contributed by atoms with Gasteiger partial charge in [-0.3, -0.25) is 4.79 Å². The second kappa shape index (κ2) is 9.62. The fraction of sp³-hybridized carbons (Fsp3) is 0.0909. The molecule has 0 aliphatic carbocycles. The summed E-state index contributed by atoms with van der Waals surface area (Å²) < 4.78 is 18.5. The summed E-state index contributed by atoms with van der Waals surface area (Å²) in [5.74, 6) is -1.58. The third-order valence-corrected chi connectivity index (χ3v) is 4.85.